The number of hydrogen-bond acceptors (Lipinski definition) is 7. The van der Waals surface area contributed by atoms with E-state index in [-0.39, 0.29) is 18.1 Å². The molecule has 9 heteroatoms. The van der Waals surface area contributed by atoms with Gasteiger partial charge in [0.15, 0.2) is 11.8 Å². The number of aromatic nitrogens is 2. The molecule has 2 aliphatic heterocycles. The Balaban J connectivity index is 1.16. The minimum atomic E-state index is -1.28. The minimum Gasteiger partial charge on any atom is -0.463 e. The fraction of sp³-hybridized carbons (Fsp3) is 0.583. The third-order valence-corrected chi connectivity index (χ3v) is 9.48. The van der Waals surface area contributed by atoms with Crippen molar-refractivity contribution in [2.75, 3.05) is 35.9 Å². The fourth-order valence-electron chi connectivity index (χ4n) is 5.81. The molecule has 6 rings (SSSR count). The molecular weight excluding hydrogens is 460 g/mol. The molecule has 1 spiro atoms. The quantitative estimate of drug-likeness (QED) is 0.655. The van der Waals surface area contributed by atoms with Crippen molar-refractivity contribution in [3.8, 4) is 5.88 Å². The Hall–Kier alpha value is -1.90. The highest BCUT2D eigenvalue weighted by Crippen LogP contribution is 2.50. The summed E-state index contributed by atoms with van der Waals surface area (Å²) in [4.78, 5) is 12.2. The third-order valence-electron chi connectivity index (χ3n) is 8.07. The molecule has 2 aliphatic carbocycles. The number of nitrogens with zero attached hydrogens (tertiary/aromatic N) is 3. The maximum atomic E-state index is 12.5. The van der Waals surface area contributed by atoms with Crippen molar-refractivity contribution in [3.63, 3.8) is 0 Å². The van der Waals surface area contributed by atoms with Crippen LogP contribution in [-0.2, 0) is 10.8 Å². The predicted octanol–water partition coefficient (Wildman–Crippen LogP) is 4.08. The molecule has 3 heterocycles. The van der Waals surface area contributed by atoms with E-state index in [1.54, 1.807) is 0 Å². The molecule has 0 bridgehead atoms. The van der Waals surface area contributed by atoms with Gasteiger partial charge in [-0.1, -0.05) is 23.7 Å². The van der Waals surface area contributed by atoms with Crippen molar-refractivity contribution in [1.82, 2.24) is 9.97 Å². The van der Waals surface area contributed by atoms with Crippen LogP contribution < -0.4 is 15.0 Å². The van der Waals surface area contributed by atoms with Crippen LogP contribution in [0, 0.1) is 5.41 Å². The topological polar surface area (TPSA) is 87.6 Å². The highest BCUT2D eigenvalue weighted by molar-refractivity contribution is 7.85. The maximum absolute atomic E-state index is 12.5. The second-order valence-electron chi connectivity index (χ2n) is 10.2. The molecular formula is C24H29ClN4O3S. The lowest BCUT2D eigenvalue weighted by atomic mass is 9.65. The van der Waals surface area contributed by atoms with Crippen LogP contribution in [0.4, 0.5) is 11.8 Å². The lowest BCUT2D eigenvalue weighted by Crippen LogP contribution is -2.58. The normalized spacial score (nSPS) is 25.2. The van der Waals surface area contributed by atoms with E-state index in [0.717, 1.165) is 37.4 Å². The fourth-order valence-corrected chi connectivity index (χ4v) is 6.89. The van der Waals surface area contributed by atoms with Gasteiger partial charge in [-0.25, -0.2) is 0 Å². The van der Waals surface area contributed by atoms with Gasteiger partial charge in [0.2, 0.25) is 11.8 Å². The van der Waals surface area contributed by atoms with Gasteiger partial charge in [-0.05, 0) is 68.6 Å². The predicted molar refractivity (Wildman–Crippen MR) is 129 cm³/mol. The molecule has 0 radical (unpaired) electrons. The molecule has 1 saturated heterocycles. The van der Waals surface area contributed by atoms with Crippen molar-refractivity contribution >= 4 is 34.2 Å². The summed E-state index contributed by atoms with van der Waals surface area (Å²) >= 11 is 6.05. The van der Waals surface area contributed by atoms with E-state index in [1.807, 2.05) is 12.1 Å². The van der Waals surface area contributed by atoms with Crippen LogP contribution in [0.1, 0.15) is 56.4 Å². The van der Waals surface area contributed by atoms with Gasteiger partial charge in [0.05, 0.1) is 12.1 Å². The summed E-state index contributed by atoms with van der Waals surface area (Å²) in [5, 5.41) is 14.1. The average Bonchev–Trinajstić information content (AvgIpc) is 3.16. The smallest absolute Gasteiger partial charge is 0.238 e. The first-order valence-corrected chi connectivity index (χ1v) is 13.5. The molecule has 2 aromatic rings. The number of anilines is 2. The van der Waals surface area contributed by atoms with Crippen molar-refractivity contribution in [2.24, 2.45) is 5.41 Å². The largest absolute Gasteiger partial charge is 0.463 e. The number of rotatable bonds is 5. The van der Waals surface area contributed by atoms with Gasteiger partial charge in [0.1, 0.15) is 15.7 Å². The summed E-state index contributed by atoms with van der Waals surface area (Å²) in [7, 11) is -1.28. The Labute approximate surface area is 201 Å². The molecule has 1 atom stereocenters. The lowest BCUT2D eigenvalue weighted by molar-refractivity contribution is 0.126. The lowest BCUT2D eigenvalue weighted by Gasteiger charge is -2.53. The molecule has 2 N–H and O–H groups in total. The van der Waals surface area contributed by atoms with Gasteiger partial charge in [-0.15, -0.1) is 0 Å². The molecule has 3 fully saturated rings. The van der Waals surface area contributed by atoms with Crippen molar-refractivity contribution < 1.29 is 14.1 Å². The van der Waals surface area contributed by atoms with Crippen LogP contribution in [0.3, 0.4) is 0 Å². The number of halogens is 1. The Morgan fingerprint density at radius 2 is 1.88 bits per heavy atom. The second-order valence-corrected chi connectivity index (χ2v) is 12.0. The van der Waals surface area contributed by atoms with E-state index in [1.165, 1.54) is 31.2 Å². The Kier molecular flexibility index (Phi) is 5.31. The standard InChI is InChI=1S/C24H29ClN4O3S/c25-18-4-2-16(3-5-18)17-6-10-23(11-7-17)12-29(13-23)22-26-20(28-24(14-30)8-1-9-24)19-21(27-22)32-15-33(19)31/h2-5,17,30H,1,6-15H2,(H,26,27,28). The summed E-state index contributed by atoms with van der Waals surface area (Å²) < 4.78 is 18.2. The molecule has 1 aromatic heterocycles. The zero-order valence-electron chi connectivity index (χ0n) is 18.6. The minimum absolute atomic E-state index is 0.0379. The number of ether oxygens (including phenoxy) is 1. The zero-order chi connectivity index (χ0) is 22.6. The average molecular weight is 489 g/mol. The van der Waals surface area contributed by atoms with Crippen LogP contribution in [0.2, 0.25) is 5.02 Å². The number of fused-ring (bicyclic) bond motifs is 1. The van der Waals surface area contributed by atoms with E-state index in [9.17, 15) is 9.32 Å². The SMILES string of the molecule is O=S1COc2nc(N3CC4(CCC(c5ccc(Cl)cc5)CC4)C3)nc(NC3(CO)CCC3)c21. The number of aliphatic hydroxyl groups is 1. The van der Waals surface area contributed by atoms with E-state index in [0.29, 0.717) is 33.9 Å². The van der Waals surface area contributed by atoms with Crippen LogP contribution in [0.15, 0.2) is 29.2 Å². The highest BCUT2D eigenvalue weighted by atomic mass is 35.5. The van der Waals surface area contributed by atoms with Gasteiger partial charge in [-0.2, -0.15) is 9.97 Å². The molecule has 4 aliphatic rings. The molecule has 1 unspecified atom stereocenters. The zero-order valence-corrected chi connectivity index (χ0v) is 20.1. The number of hydrogen-bond donors (Lipinski definition) is 2. The van der Waals surface area contributed by atoms with Crippen LogP contribution in [0.5, 0.6) is 5.88 Å². The first kappa shape index (κ1) is 21.6. The molecule has 7 nitrogen and oxygen atoms in total. The van der Waals surface area contributed by atoms with E-state index < -0.39 is 10.8 Å². The van der Waals surface area contributed by atoms with Crippen molar-refractivity contribution in [2.45, 2.75) is 61.3 Å². The highest BCUT2D eigenvalue weighted by Gasteiger charge is 2.47. The number of benzene rings is 1. The second kappa shape index (κ2) is 8.10. The summed E-state index contributed by atoms with van der Waals surface area (Å²) in [5.74, 6) is 2.33. The molecule has 2 saturated carbocycles. The molecule has 33 heavy (non-hydrogen) atoms. The Morgan fingerprint density at radius 1 is 1.15 bits per heavy atom. The molecule has 176 valence electrons. The van der Waals surface area contributed by atoms with Crippen molar-refractivity contribution in [3.05, 3.63) is 34.9 Å². The Bertz CT molecular complexity index is 1070. The number of nitrogens with one attached hydrogen (secondary N) is 1. The Morgan fingerprint density at radius 3 is 2.52 bits per heavy atom. The molecule has 1 aromatic carbocycles. The monoisotopic (exact) mass is 488 g/mol. The third kappa shape index (κ3) is 3.80. The van der Waals surface area contributed by atoms with E-state index in [4.69, 9.17) is 21.3 Å². The first-order chi connectivity index (χ1) is 16.0. The maximum Gasteiger partial charge on any atom is 0.238 e. The summed E-state index contributed by atoms with van der Waals surface area (Å²) in [6.07, 6.45) is 7.60. The summed E-state index contributed by atoms with van der Waals surface area (Å²) in [6, 6.07) is 8.30. The van der Waals surface area contributed by atoms with Gasteiger partial charge >= 0.3 is 0 Å². The van der Waals surface area contributed by atoms with Gasteiger partial charge in [0.25, 0.3) is 0 Å². The van der Waals surface area contributed by atoms with E-state index in [2.05, 4.69) is 27.3 Å². The van der Waals surface area contributed by atoms with Crippen LogP contribution in [-0.4, -0.2) is 50.5 Å². The molecule has 0 amide bonds. The summed E-state index contributed by atoms with van der Waals surface area (Å²) in [6.45, 7) is 1.91. The van der Waals surface area contributed by atoms with Gasteiger partial charge in [-0.3, -0.25) is 4.21 Å². The van der Waals surface area contributed by atoms with Crippen LogP contribution >= 0.6 is 11.6 Å². The van der Waals surface area contributed by atoms with Gasteiger partial charge in [0, 0.05) is 23.5 Å². The van der Waals surface area contributed by atoms with Crippen molar-refractivity contribution in [1.29, 1.82) is 0 Å². The first-order valence-electron chi connectivity index (χ1n) is 11.8. The number of aliphatic hydroxyl groups excluding tert-OH is 1. The van der Waals surface area contributed by atoms with E-state index >= 15 is 0 Å². The summed E-state index contributed by atoms with van der Waals surface area (Å²) in [5.41, 5.74) is 1.34. The van der Waals surface area contributed by atoms with Crippen LogP contribution in [0.25, 0.3) is 0 Å². The van der Waals surface area contributed by atoms with Gasteiger partial charge < -0.3 is 20.1 Å².